The van der Waals surface area contributed by atoms with Crippen molar-refractivity contribution < 1.29 is 14.3 Å². The number of carbonyl (C=O) groups excluding carboxylic acids is 1. The zero-order valence-electron chi connectivity index (χ0n) is 13.4. The third-order valence-corrected chi connectivity index (χ3v) is 3.39. The van der Waals surface area contributed by atoms with E-state index < -0.39 is 0 Å². The minimum atomic E-state index is -0.317. The molecule has 1 aromatic heterocycles. The molecule has 126 valence electrons. The van der Waals surface area contributed by atoms with Gasteiger partial charge in [0.05, 0.1) is 24.5 Å². The molecule has 0 saturated heterocycles. The van der Waals surface area contributed by atoms with Gasteiger partial charge in [-0.2, -0.15) is 0 Å². The molecule has 3 N–H and O–H groups in total. The third-order valence-electron chi connectivity index (χ3n) is 3.39. The first-order valence-electron chi connectivity index (χ1n) is 7.68. The molecule has 2 rings (SSSR count). The Kier molecular flexibility index (Phi) is 6.45. The zero-order chi connectivity index (χ0) is 17.4. The molecule has 0 aliphatic heterocycles. The lowest BCUT2D eigenvalue weighted by molar-refractivity contribution is -0.111. The van der Waals surface area contributed by atoms with Crippen LogP contribution in [0.3, 0.4) is 0 Å². The summed E-state index contributed by atoms with van der Waals surface area (Å²) in [6.45, 7) is 2.00. The monoisotopic (exact) mass is 329 g/mol. The molecule has 5 nitrogen and oxygen atoms in total. The minimum absolute atomic E-state index is 0.0326. The average molecular weight is 329 g/mol. The lowest BCUT2D eigenvalue weighted by Gasteiger charge is -2.14. The zero-order valence-corrected chi connectivity index (χ0v) is 13.4. The third kappa shape index (κ3) is 5.48. The number of aliphatic hydroxyl groups excluding tert-OH is 1. The molecule has 0 saturated carbocycles. The second-order valence-corrected chi connectivity index (χ2v) is 5.24. The molecule has 0 radical (unpaired) electrons. The number of nitrogens with one attached hydrogen (secondary N) is 2. The summed E-state index contributed by atoms with van der Waals surface area (Å²) in [5, 5.41) is 14.9. The minimum Gasteiger partial charge on any atom is -0.394 e. The Morgan fingerprint density at radius 3 is 2.62 bits per heavy atom. The van der Waals surface area contributed by atoms with Crippen molar-refractivity contribution in [1.82, 2.24) is 4.98 Å². The van der Waals surface area contributed by atoms with E-state index in [0.717, 1.165) is 12.0 Å². The number of anilines is 2. The van der Waals surface area contributed by atoms with Gasteiger partial charge in [0, 0.05) is 6.08 Å². The Bertz CT molecular complexity index is 680. The highest BCUT2D eigenvalue weighted by atomic mass is 19.1. The molecular formula is C18H20FN3O2. The van der Waals surface area contributed by atoms with Gasteiger partial charge in [-0.3, -0.25) is 4.79 Å². The van der Waals surface area contributed by atoms with Crippen molar-refractivity contribution >= 4 is 23.5 Å². The van der Waals surface area contributed by atoms with Gasteiger partial charge >= 0.3 is 0 Å². The van der Waals surface area contributed by atoms with Crippen LogP contribution in [0, 0.1) is 5.82 Å². The van der Waals surface area contributed by atoms with Gasteiger partial charge in [-0.05, 0) is 42.3 Å². The van der Waals surface area contributed by atoms with Gasteiger partial charge < -0.3 is 15.7 Å². The van der Waals surface area contributed by atoms with E-state index in [1.54, 1.807) is 30.3 Å². The van der Waals surface area contributed by atoms with Crippen LogP contribution in [0.2, 0.25) is 0 Å². The number of aromatic nitrogens is 1. The lowest BCUT2D eigenvalue weighted by Crippen LogP contribution is -2.23. The Labute approximate surface area is 140 Å². The van der Waals surface area contributed by atoms with E-state index in [0.29, 0.717) is 11.5 Å². The van der Waals surface area contributed by atoms with E-state index >= 15 is 0 Å². The number of hydrogen-bond acceptors (Lipinski definition) is 4. The quantitative estimate of drug-likeness (QED) is 0.683. The maximum atomic E-state index is 12.8. The van der Waals surface area contributed by atoms with E-state index in [1.807, 2.05) is 6.92 Å². The smallest absolute Gasteiger partial charge is 0.248 e. The maximum absolute atomic E-state index is 12.8. The summed E-state index contributed by atoms with van der Waals surface area (Å²) in [4.78, 5) is 16.1. The van der Waals surface area contributed by atoms with Gasteiger partial charge in [0.15, 0.2) is 0 Å². The highest BCUT2D eigenvalue weighted by molar-refractivity contribution is 6.01. The molecule has 0 aliphatic carbocycles. The molecule has 2 aromatic rings. The van der Waals surface area contributed by atoms with Crippen LogP contribution < -0.4 is 10.6 Å². The molecular weight excluding hydrogens is 309 g/mol. The van der Waals surface area contributed by atoms with Crippen molar-refractivity contribution in [1.29, 1.82) is 0 Å². The second kappa shape index (κ2) is 8.79. The molecule has 1 aromatic carbocycles. The average Bonchev–Trinajstić information content (AvgIpc) is 2.60. The summed E-state index contributed by atoms with van der Waals surface area (Å²) in [5.41, 5.74) is 1.30. The SMILES string of the molecule is CCC(CO)Nc1ccc(NC(=O)/C=C/c2ccc(F)cc2)cn1. The standard InChI is InChI=1S/C18H20FN3O2/c1-2-15(12-23)21-17-9-8-16(11-20-17)22-18(24)10-5-13-3-6-14(19)7-4-13/h3-11,15,23H,2,12H2,1H3,(H,20,21)(H,22,24)/b10-5+. The maximum Gasteiger partial charge on any atom is 0.248 e. The summed E-state index contributed by atoms with van der Waals surface area (Å²) in [5.74, 6) is 0.0160. The predicted molar refractivity (Wildman–Crippen MR) is 93.1 cm³/mol. The van der Waals surface area contributed by atoms with Crippen molar-refractivity contribution in [3.05, 3.63) is 60.1 Å². The van der Waals surface area contributed by atoms with Crippen LogP contribution in [0.15, 0.2) is 48.7 Å². The number of carbonyl (C=O) groups is 1. The molecule has 1 amide bonds. The lowest BCUT2D eigenvalue weighted by atomic mass is 10.2. The number of pyridine rings is 1. The summed E-state index contributed by atoms with van der Waals surface area (Å²) in [6.07, 6.45) is 5.30. The van der Waals surface area contributed by atoms with Crippen LogP contribution in [0.25, 0.3) is 6.08 Å². The molecule has 0 fully saturated rings. The van der Waals surface area contributed by atoms with Crippen molar-refractivity contribution in [3.63, 3.8) is 0 Å². The Hall–Kier alpha value is -2.73. The number of amides is 1. The topological polar surface area (TPSA) is 74.2 Å². The number of aliphatic hydroxyl groups is 1. The first-order chi connectivity index (χ1) is 11.6. The van der Waals surface area contributed by atoms with Crippen LogP contribution >= 0.6 is 0 Å². The van der Waals surface area contributed by atoms with Crippen LogP contribution in [-0.2, 0) is 4.79 Å². The first-order valence-corrected chi connectivity index (χ1v) is 7.68. The number of benzene rings is 1. The van der Waals surface area contributed by atoms with E-state index in [4.69, 9.17) is 5.11 Å². The summed E-state index contributed by atoms with van der Waals surface area (Å²) < 4.78 is 12.8. The van der Waals surface area contributed by atoms with Crippen molar-refractivity contribution in [2.75, 3.05) is 17.2 Å². The Morgan fingerprint density at radius 1 is 1.29 bits per heavy atom. The van der Waals surface area contributed by atoms with E-state index in [9.17, 15) is 9.18 Å². The first kappa shape index (κ1) is 17.6. The van der Waals surface area contributed by atoms with Crippen molar-refractivity contribution in [2.24, 2.45) is 0 Å². The molecule has 1 atom stereocenters. The van der Waals surface area contributed by atoms with Crippen LogP contribution in [0.1, 0.15) is 18.9 Å². The van der Waals surface area contributed by atoms with Gasteiger partial charge in [0.25, 0.3) is 0 Å². The van der Waals surface area contributed by atoms with E-state index in [2.05, 4.69) is 15.6 Å². The molecule has 0 bridgehead atoms. The summed E-state index contributed by atoms with van der Waals surface area (Å²) >= 11 is 0. The van der Waals surface area contributed by atoms with E-state index in [1.165, 1.54) is 24.4 Å². The number of nitrogens with zero attached hydrogens (tertiary/aromatic N) is 1. The van der Waals surface area contributed by atoms with Crippen LogP contribution in [-0.4, -0.2) is 28.6 Å². The van der Waals surface area contributed by atoms with Gasteiger partial charge in [0.2, 0.25) is 5.91 Å². The number of rotatable bonds is 7. The number of hydrogen-bond donors (Lipinski definition) is 3. The van der Waals surface area contributed by atoms with Crippen LogP contribution in [0.5, 0.6) is 0 Å². The normalized spacial score (nSPS) is 12.1. The summed E-state index contributed by atoms with van der Waals surface area (Å²) in [7, 11) is 0. The highest BCUT2D eigenvalue weighted by Gasteiger charge is 2.05. The van der Waals surface area contributed by atoms with Gasteiger partial charge in [-0.25, -0.2) is 9.37 Å². The van der Waals surface area contributed by atoms with E-state index in [-0.39, 0.29) is 24.4 Å². The fourth-order valence-electron chi connectivity index (χ4n) is 1.97. The van der Waals surface area contributed by atoms with Gasteiger partial charge in [-0.15, -0.1) is 0 Å². The molecule has 1 unspecified atom stereocenters. The Balaban J connectivity index is 1.90. The summed E-state index contributed by atoms with van der Waals surface area (Å²) in [6, 6.07) is 9.27. The number of halogens is 1. The predicted octanol–water partition coefficient (Wildman–Crippen LogP) is 3.06. The fourth-order valence-corrected chi connectivity index (χ4v) is 1.97. The highest BCUT2D eigenvalue weighted by Crippen LogP contribution is 2.12. The molecule has 24 heavy (non-hydrogen) atoms. The van der Waals surface area contributed by atoms with Crippen LogP contribution in [0.4, 0.5) is 15.9 Å². The molecule has 0 spiro atoms. The van der Waals surface area contributed by atoms with Gasteiger partial charge in [0.1, 0.15) is 11.6 Å². The molecule has 6 heteroatoms. The second-order valence-electron chi connectivity index (χ2n) is 5.24. The van der Waals surface area contributed by atoms with Crippen molar-refractivity contribution in [3.8, 4) is 0 Å². The molecule has 1 heterocycles. The van der Waals surface area contributed by atoms with Crippen molar-refractivity contribution in [2.45, 2.75) is 19.4 Å². The largest absolute Gasteiger partial charge is 0.394 e. The van der Waals surface area contributed by atoms with Gasteiger partial charge in [-0.1, -0.05) is 19.1 Å². The fraction of sp³-hybridized carbons (Fsp3) is 0.222. The molecule has 0 aliphatic rings. The Morgan fingerprint density at radius 2 is 2.04 bits per heavy atom.